The van der Waals surface area contributed by atoms with Crippen LogP contribution in [0.15, 0.2) is 65.8 Å². The van der Waals surface area contributed by atoms with E-state index in [-0.39, 0.29) is 11.9 Å². The number of fused-ring (bicyclic) bond motifs is 3. The highest BCUT2D eigenvalue weighted by Gasteiger charge is 2.42. The summed E-state index contributed by atoms with van der Waals surface area (Å²) in [4.78, 5) is 0. The monoisotopic (exact) mass is 434 g/mol. The van der Waals surface area contributed by atoms with Crippen LogP contribution in [-0.2, 0) is 0 Å². The lowest BCUT2D eigenvalue weighted by Crippen LogP contribution is -2.33. The Kier molecular flexibility index (Phi) is 5.09. The van der Waals surface area contributed by atoms with Gasteiger partial charge in [-0.15, -0.1) is 0 Å². The van der Waals surface area contributed by atoms with Crippen molar-refractivity contribution in [1.29, 1.82) is 0 Å². The van der Waals surface area contributed by atoms with E-state index in [1.54, 1.807) is 33.5 Å². The zero-order valence-electron chi connectivity index (χ0n) is 18.0. The van der Waals surface area contributed by atoms with E-state index in [9.17, 15) is 4.39 Å². The van der Waals surface area contributed by atoms with Crippen LogP contribution in [0.1, 0.15) is 35.4 Å². The van der Waals surface area contributed by atoms with Crippen molar-refractivity contribution in [3.8, 4) is 23.0 Å². The predicted molar refractivity (Wildman–Crippen MR) is 118 cm³/mol. The molecule has 6 nitrogen and oxygen atoms in total. The Hall–Kier alpha value is -3.74. The summed E-state index contributed by atoms with van der Waals surface area (Å²) in [5.74, 6) is 2.34. The quantitative estimate of drug-likeness (QED) is 0.560. The van der Waals surface area contributed by atoms with Crippen molar-refractivity contribution in [3.63, 3.8) is 0 Å². The highest BCUT2D eigenvalue weighted by Crippen LogP contribution is 2.51. The van der Waals surface area contributed by atoms with Crippen LogP contribution in [0, 0.1) is 5.82 Å². The van der Waals surface area contributed by atoms with Crippen LogP contribution in [0.5, 0.6) is 23.0 Å². The molecule has 0 saturated heterocycles. The molecule has 0 amide bonds. The van der Waals surface area contributed by atoms with Crippen LogP contribution in [0.2, 0.25) is 0 Å². The number of methoxy groups -OCH3 is 3. The highest BCUT2D eigenvalue weighted by atomic mass is 19.1. The minimum atomic E-state index is -0.499. The van der Waals surface area contributed by atoms with E-state index < -0.39 is 6.23 Å². The first kappa shape index (κ1) is 20.2. The van der Waals surface area contributed by atoms with Crippen LogP contribution in [0.3, 0.4) is 0 Å². The fourth-order valence-corrected chi connectivity index (χ4v) is 4.29. The molecule has 0 saturated carbocycles. The van der Waals surface area contributed by atoms with E-state index in [0.29, 0.717) is 29.4 Å². The summed E-state index contributed by atoms with van der Waals surface area (Å²) < 4.78 is 36.4. The maximum absolute atomic E-state index is 13.5. The Morgan fingerprint density at radius 3 is 2.38 bits per heavy atom. The largest absolute Gasteiger partial charge is 0.493 e. The lowest BCUT2D eigenvalue weighted by atomic mass is 9.95. The third-order valence-corrected chi connectivity index (χ3v) is 5.87. The number of hydrogen-bond acceptors (Lipinski definition) is 6. The van der Waals surface area contributed by atoms with Gasteiger partial charge in [0, 0.05) is 17.5 Å². The second-order valence-corrected chi connectivity index (χ2v) is 7.62. The third-order valence-electron chi connectivity index (χ3n) is 5.87. The summed E-state index contributed by atoms with van der Waals surface area (Å²) in [6.45, 7) is 0. The molecule has 0 unspecified atom stereocenters. The Balaban J connectivity index is 1.62. The number of halogens is 1. The summed E-state index contributed by atoms with van der Waals surface area (Å²) in [6, 6.07) is 17.9. The molecule has 0 aromatic heterocycles. The van der Waals surface area contributed by atoms with Gasteiger partial charge in [0.05, 0.1) is 33.1 Å². The molecular formula is C25H23FN2O4. The second-order valence-electron chi connectivity index (χ2n) is 7.62. The second kappa shape index (κ2) is 8.07. The number of rotatable bonds is 5. The Bertz CT molecular complexity index is 1180. The van der Waals surface area contributed by atoms with Crippen molar-refractivity contribution >= 4 is 5.71 Å². The van der Waals surface area contributed by atoms with Crippen LogP contribution in [0.25, 0.3) is 0 Å². The van der Waals surface area contributed by atoms with E-state index in [1.807, 2.05) is 41.4 Å². The topological polar surface area (TPSA) is 52.5 Å². The molecule has 0 aliphatic carbocycles. The van der Waals surface area contributed by atoms with Crippen molar-refractivity contribution in [2.24, 2.45) is 5.10 Å². The molecule has 32 heavy (non-hydrogen) atoms. The van der Waals surface area contributed by atoms with E-state index in [1.165, 1.54) is 12.1 Å². The van der Waals surface area contributed by atoms with Crippen LogP contribution in [0.4, 0.5) is 4.39 Å². The molecule has 2 atom stereocenters. The number of benzene rings is 3. The predicted octanol–water partition coefficient (Wildman–Crippen LogP) is 5.09. The first-order chi connectivity index (χ1) is 15.6. The Labute approximate surface area is 185 Å². The molecule has 3 aromatic carbocycles. The molecule has 0 bridgehead atoms. The maximum Gasteiger partial charge on any atom is 0.214 e. The zero-order valence-corrected chi connectivity index (χ0v) is 18.0. The van der Waals surface area contributed by atoms with Crippen molar-refractivity contribution in [2.45, 2.75) is 18.7 Å². The molecule has 2 aliphatic heterocycles. The lowest BCUT2D eigenvalue weighted by molar-refractivity contribution is -0.0210. The number of nitrogens with zero attached hydrogens (tertiary/aromatic N) is 2. The van der Waals surface area contributed by atoms with E-state index in [0.717, 1.165) is 22.4 Å². The smallest absolute Gasteiger partial charge is 0.214 e. The average molecular weight is 434 g/mol. The van der Waals surface area contributed by atoms with Gasteiger partial charge in [-0.25, -0.2) is 9.40 Å². The summed E-state index contributed by atoms with van der Waals surface area (Å²) in [5.41, 5.74) is 3.63. The fourth-order valence-electron chi connectivity index (χ4n) is 4.29. The standard InChI is InChI=1S/C25H23FN2O4/c1-29-21-12-9-16(13-23(21)31-3)25-28-20(18-5-4-6-22(30-2)24(18)32-25)14-19(27-28)15-7-10-17(26)11-8-15/h4-13,20,25H,14H2,1-3H3/t20-,25-/m0/s1. The van der Waals surface area contributed by atoms with Crippen LogP contribution < -0.4 is 18.9 Å². The Morgan fingerprint density at radius 2 is 1.66 bits per heavy atom. The zero-order chi connectivity index (χ0) is 22.2. The number of para-hydroxylation sites is 1. The molecule has 0 radical (unpaired) electrons. The molecule has 0 fully saturated rings. The molecular weight excluding hydrogens is 411 g/mol. The SMILES string of the molecule is COc1ccc([C@@H]2Oc3c(OC)cccc3[C@@H]3CC(c4ccc(F)cc4)=NN32)cc1OC. The summed E-state index contributed by atoms with van der Waals surface area (Å²) in [7, 11) is 4.84. The van der Waals surface area contributed by atoms with E-state index in [4.69, 9.17) is 24.0 Å². The summed E-state index contributed by atoms with van der Waals surface area (Å²) >= 11 is 0. The number of hydrazone groups is 1. The molecule has 5 rings (SSSR count). The molecule has 164 valence electrons. The van der Waals surface area contributed by atoms with Crippen LogP contribution >= 0.6 is 0 Å². The van der Waals surface area contributed by atoms with Gasteiger partial charge in [-0.05, 0) is 42.0 Å². The highest BCUT2D eigenvalue weighted by molar-refractivity contribution is 6.02. The van der Waals surface area contributed by atoms with Gasteiger partial charge in [0.2, 0.25) is 6.23 Å². The maximum atomic E-state index is 13.5. The molecule has 3 aromatic rings. The van der Waals surface area contributed by atoms with Gasteiger partial charge in [-0.1, -0.05) is 24.3 Å². The van der Waals surface area contributed by atoms with Crippen molar-refractivity contribution in [3.05, 3.63) is 83.2 Å². The van der Waals surface area contributed by atoms with Crippen molar-refractivity contribution < 1.29 is 23.3 Å². The first-order valence-corrected chi connectivity index (χ1v) is 10.3. The van der Waals surface area contributed by atoms with E-state index >= 15 is 0 Å². The molecule has 0 N–H and O–H groups in total. The van der Waals surface area contributed by atoms with Gasteiger partial charge in [0.1, 0.15) is 5.82 Å². The van der Waals surface area contributed by atoms with Gasteiger partial charge in [-0.2, -0.15) is 5.10 Å². The van der Waals surface area contributed by atoms with Crippen molar-refractivity contribution in [2.75, 3.05) is 21.3 Å². The van der Waals surface area contributed by atoms with Crippen molar-refractivity contribution in [1.82, 2.24) is 5.01 Å². The van der Waals surface area contributed by atoms with Gasteiger partial charge in [0.25, 0.3) is 0 Å². The lowest BCUT2D eigenvalue weighted by Gasteiger charge is -2.38. The van der Waals surface area contributed by atoms with Gasteiger partial charge < -0.3 is 18.9 Å². The third kappa shape index (κ3) is 3.30. The minimum absolute atomic E-state index is 0.0491. The molecule has 2 heterocycles. The van der Waals surface area contributed by atoms with Gasteiger partial charge in [-0.3, -0.25) is 0 Å². The first-order valence-electron chi connectivity index (χ1n) is 10.3. The number of ether oxygens (including phenoxy) is 4. The molecule has 7 heteroatoms. The normalized spacial score (nSPS) is 18.9. The van der Waals surface area contributed by atoms with E-state index in [2.05, 4.69) is 0 Å². The average Bonchev–Trinajstić information content (AvgIpc) is 3.29. The Morgan fingerprint density at radius 1 is 0.906 bits per heavy atom. The van der Waals surface area contributed by atoms with Gasteiger partial charge in [0.15, 0.2) is 23.0 Å². The molecule has 2 aliphatic rings. The summed E-state index contributed by atoms with van der Waals surface area (Å²) in [5, 5.41) is 6.87. The number of hydrogen-bond donors (Lipinski definition) is 0. The van der Waals surface area contributed by atoms with Crippen LogP contribution in [-0.4, -0.2) is 32.0 Å². The van der Waals surface area contributed by atoms with Gasteiger partial charge >= 0.3 is 0 Å². The fraction of sp³-hybridized carbons (Fsp3) is 0.240. The minimum Gasteiger partial charge on any atom is -0.493 e. The molecule has 0 spiro atoms. The summed E-state index contributed by atoms with van der Waals surface area (Å²) in [6.07, 6.45) is 0.167.